The minimum atomic E-state index is 0.0750. The predicted molar refractivity (Wildman–Crippen MR) is 117 cm³/mol. The van der Waals surface area contributed by atoms with Gasteiger partial charge in [-0.3, -0.25) is 14.6 Å². The van der Waals surface area contributed by atoms with Crippen molar-refractivity contribution in [2.24, 2.45) is 0 Å². The average Bonchev–Trinajstić information content (AvgIpc) is 3.10. The maximum Gasteiger partial charge on any atom is 0.194 e. The first-order chi connectivity index (χ1) is 14.8. The smallest absolute Gasteiger partial charge is 0.194 e. The molecule has 0 N–H and O–H groups in total. The summed E-state index contributed by atoms with van der Waals surface area (Å²) in [6.45, 7) is 5.54. The topological polar surface area (TPSA) is 42.0 Å². The molecule has 5 heteroatoms. The Morgan fingerprint density at radius 1 is 0.700 bits per heavy atom. The van der Waals surface area contributed by atoms with E-state index in [9.17, 15) is 4.79 Å². The average molecular weight is 407 g/mol. The maximum atomic E-state index is 12.9. The molecule has 0 spiro atoms. The molecule has 0 aromatic heterocycles. The summed E-state index contributed by atoms with van der Waals surface area (Å²) in [5.41, 5.74) is 3.32. The lowest BCUT2D eigenvalue weighted by molar-refractivity contribution is 0.103. The van der Waals surface area contributed by atoms with Gasteiger partial charge in [0.15, 0.2) is 5.78 Å². The van der Waals surface area contributed by atoms with Gasteiger partial charge in [0.25, 0.3) is 0 Å². The molecule has 3 aliphatic rings. The number of likely N-dealkylation sites (tertiary alicyclic amines) is 2. The molecule has 2 saturated heterocycles. The van der Waals surface area contributed by atoms with Crippen molar-refractivity contribution in [2.45, 2.75) is 38.5 Å². The molecule has 2 fully saturated rings. The van der Waals surface area contributed by atoms with E-state index in [-0.39, 0.29) is 5.78 Å². The van der Waals surface area contributed by atoms with Crippen molar-refractivity contribution in [2.75, 3.05) is 39.6 Å². The normalized spacial score (nSPS) is 19.4. The first-order valence-electron chi connectivity index (χ1n) is 11.3. The molecule has 5 nitrogen and oxygen atoms in total. The first-order valence-corrected chi connectivity index (χ1v) is 11.3. The SMILES string of the molecule is O=C1c2ccc(OCN3CCCCC3)cc2-c2c(OCN3CCCCC3)cccc21. The third kappa shape index (κ3) is 3.96. The number of ketones is 1. The highest BCUT2D eigenvalue weighted by Gasteiger charge is 2.30. The lowest BCUT2D eigenvalue weighted by Gasteiger charge is -2.26. The molecule has 0 saturated carbocycles. The standard InChI is InChI=1S/C25H30N2O3/c28-25-20-11-10-19(29-17-26-12-3-1-4-13-26)16-22(20)24-21(25)8-7-9-23(24)30-18-27-14-5-2-6-15-27/h7-11,16H,1-6,12-15,17-18H2. The Morgan fingerprint density at radius 2 is 1.37 bits per heavy atom. The van der Waals surface area contributed by atoms with E-state index in [1.807, 2.05) is 36.4 Å². The lowest BCUT2D eigenvalue weighted by Crippen LogP contribution is -2.33. The summed E-state index contributed by atoms with van der Waals surface area (Å²) in [5, 5.41) is 0. The van der Waals surface area contributed by atoms with Gasteiger partial charge in [0.05, 0.1) is 0 Å². The van der Waals surface area contributed by atoms with Crippen LogP contribution < -0.4 is 9.47 Å². The fraction of sp³-hybridized carbons (Fsp3) is 0.480. The second kappa shape index (κ2) is 8.78. The number of carbonyl (C=O) groups excluding carboxylic acids is 1. The predicted octanol–water partition coefficient (Wildman–Crippen LogP) is 4.54. The number of carbonyl (C=O) groups is 1. The molecule has 0 atom stereocenters. The zero-order valence-electron chi connectivity index (χ0n) is 17.6. The van der Waals surface area contributed by atoms with Gasteiger partial charge in [0.2, 0.25) is 0 Å². The molecule has 2 heterocycles. The van der Waals surface area contributed by atoms with Gasteiger partial charge in [-0.25, -0.2) is 0 Å². The van der Waals surface area contributed by atoms with Crippen molar-refractivity contribution in [3.8, 4) is 22.6 Å². The summed E-state index contributed by atoms with van der Waals surface area (Å²) in [6, 6.07) is 11.6. The Hall–Kier alpha value is -2.37. The number of rotatable bonds is 6. The molecule has 30 heavy (non-hydrogen) atoms. The van der Waals surface area contributed by atoms with Gasteiger partial charge in [0, 0.05) is 48.4 Å². The number of ether oxygens (including phenoxy) is 2. The van der Waals surface area contributed by atoms with Crippen LogP contribution >= 0.6 is 0 Å². The minimum Gasteiger partial charge on any atom is -0.478 e. The molecule has 2 aliphatic heterocycles. The summed E-state index contributed by atoms with van der Waals surface area (Å²) >= 11 is 0. The number of hydrogen-bond donors (Lipinski definition) is 0. The van der Waals surface area contributed by atoms with E-state index in [0.717, 1.165) is 59.9 Å². The number of fused-ring (bicyclic) bond motifs is 3. The van der Waals surface area contributed by atoms with E-state index in [2.05, 4.69) is 9.80 Å². The van der Waals surface area contributed by atoms with Gasteiger partial charge in [0.1, 0.15) is 25.0 Å². The van der Waals surface area contributed by atoms with Crippen LogP contribution in [0.3, 0.4) is 0 Å². The van der Waals surface area contributed by atoms with Gasteiger partial charge in [-0.2, -0.15) is 0 Å². The third-order valence-electron chi connectivity index (χ3n) is 6.49. The van der Waals surface area contributed by atoms with Crippen LogP contribution in [0, 0.1) is 0 Å². The van der Waals surface area contributed by atoms with Gasteiger partial charge in [-0.05, 0) is 49.9 Å². The van der Waals surface area contributed by atoms with Crippen LogP contribution in [-0.4, -0.2) is 55.2 Å². The van der Waals surface area contributed by atoms with Crippen molar-refractivity contribution in [3.05, 3.63) is 47.5 Å². The van der Waals surface area contributed by atoms with Gasteiger partial charge in [-0.1, -0.05) is 25.0 Å². The second-order valence-electron chi connectivity index (χ2n) is 8.62. The highest BCUT2D eigenvalue weighted by molar-refractivity contribution is 6.22. The molecular weight excluding hydrogens is 376 g/mol. The van der Waals surface area contributed by atoms with Crippen molar-refractivity contribution >= 4 is 5.78 Å². The van der Waals surface area contributed by atoms with Crippen molar-refractivity contribution < 1.29 is 14.3 Å². The summed E-state index contributed by atoms with van der Waals surface area (Å²) in [4.78, 5) is 17.6. The number of piperidine rings is 2. The minimum absolute atomic E-state index is 0.0750. The number of nitrogens with zero attached hydrogens (tertiary/aromatic N) is 2. The van der Waals surface area contributed by atoms with Crippen molar-refractivity contribution in [1.29, 1.82) is 0 Å². The van der Waals surface area contributed by atoms with Crippen molar-refractivity contribution in [1.82, 2.24) is 9.80 Å². The van der Waals surface area contributed by atoms with Gasteiger partial charge in [-0.15, -0.1) is 0 Å². The van der Waals surface area contributed by atoms with Crippen LogP contribution in [0.4, 0.5) is 0 Å². The van der Waals surface area contributed by atoms with Crippen LogP contribution in [-0.2, 0) is 0 Å². The molecule has 0 unspecified atom stereocenters. The van der Waals surface area contributed by atoms with Crippen LogP contribution in [0.15, 0.2) is 36.4 Å². The molecule has 2 aromatic rings. The Morgan fingerprint density at radius 3 is 2.07 bits per heavy atom. The van der Waals surface area contributed by atoms with Crippen LogP contribution in [0.2, 0.25) is 0 Å². The molecule has 158 valence electrons. The van der Waals surface area contributed by atoms with E-state index >= 15 is 0 Å². The maximum absolute atomic E-state index is 12.9. The lowest BCUT2D eigenvalue weighted by atomic mass is 10.0. The molecule has 0 radical (unpaired) electrons. The van der Waals surface area contributed by atoms with Crippen LogP contribution in [0.5, 0.6) is 11.5 Å². The van der Waals surface area contributed by atoms with Crippen LogP contribution in [0.25, 0.3) is 11.1 Å². The summed E-state index contributed by atoms with van der Waals surface area (Å²) in [6.07, 6.45) is 7.57. The molecule has 0 bridgehead atoms. The second-order valence-corrected chi connectivity index (χ2v) is 8.62. The first kappa shape index (κ1) is 19.6. The Labute approximate surface area is 178 Å². The largest absolute Gasteiger partial charge is 0.478 e. The van der Waals surface area contributed by atoms with Gasteiger partial charge < -0.3 is 9.47 Å². The molecule has 1 aliphatic carbocycles. The summed E-state index contributed by atoms with van der Waals surface area (Å²) < 4.78 is 12.3. The Kier molecular flexibility index (Phi) is 5.73. The fourth-order valence-corrected chi connectivity index (χ4v) is 4.79. The molecule has 5 rings (SSSR count). The fourth-order valence-electron chi connectivity index (χ4n) is 4.79. The van der Waals surface area contributed by atoms with E-state index < -0.39 is 0 Å². The van der Waals surface area contributed by atoms with Gasteiger partial charge >= 0.3 is 0 Å². The molecular formula is C25H30N2O3. The quantitative estimate of drug-likeness (QED) is 0.601. The van der Waals surface area contributed by atoms with Crippen LogP contribution in [0.1, 0.15) is 54.4 Å². The highest BCUT2D eigenvalue weighted by atomic mass is 16.5. The number of benzene rings is 2. The Bertz CT molecular complexity index is 915. The molecule has 0 amide bonds. The van der Waals surface area contributed by atoms with E-state index in [4.69, 9.17) is 9.47 Å². The van der Waals surface area contributed by atoms with E-state index in [0.29, 0.717) is 13.5 Å². The zero-order chi connectivity index (χ0) is 20.3. The van der Waals surface area contributed by atoms with Crippen molar-refractivity contribution in [3.63, 3.8) is 0 Å². The summed E-state index contributed by atoms with van der Waals surface area (Å²) in [5.74, 6) is 1.68. The third-order valence-corrected chi connectivity index (χ3v) is 6.49. The Balaban J connectivity index is 1.36. The summed E-state index contributed by atoms with van der Waals surface area (Å²) in [7, 11) is 0. The highest BCUT2D eigenvalue weighted by Crippen LogP contribution is 2.44. The molecule has 2 aromatic carbocycles. The zero-order valence-corrected chi connectivity index (χ0v) is 17.6. The number of hydrogen-bond acceptors (Lipinski definition) is 5. The van der Waals surface area contributed by atoms with E-state index in [1.54, 1.807) is 0 Å². The van der Waals surface area contributed by atoms with E-state index in [1.165, 1.54) is 38.5 Å². The monoisotopic (exact) mass is 406 g/mol.